The number of carbonyl (C=O) groups is 2. The largest absolute Gasteiger partial charge is 0.375 e. The maximum absolute atomic E-state index is 12.4. The first-order chi connectivity index (χ1) is 11.0. The Morgan fingerprint density at radius 2 is 2.17 bits per heavy atom. The summed E-state index contributed by atoms with van der Waals surface area (Å²) in [5.41, 5.74) is 1.76. The van der Waals surface area contributed by atoms with Crippen LogP contribution in [-0.2, 0) is 22.6 Å². The highest BCUT2D eigenvalue weighted by Gasteiger charge is 2.18. The first-order valence-corrected chi connectivity index (χ1v) is 8.17. The molecule has 6 nitrogen and oxygen atoms in total. The number of nitrogens with one attached hydrogen (secondary N) is 2. The molecule has 23 heavy (non-hydrogen) atoms. The fourth-order valence-corrected chi connectivity index (χ4v) is 3.37. The lowest BCUT2D eigenvalue weighted by atomic mass is 10.2. The van der Waals surface area contributed by atoms with E-state index in [0.717, 1.165) is 17.0 Å². The van der Waals surface area contributed by atoms with Gasteiger partial charge in [0.15, 0.2) is 5.13 Å². The number of halogens is 1. The fourth-order valence-electron chi connectivity index (χ4n) is 2.22. The van der Waals surface area contributed by atoms with Crippen molar-refractivity contribution in [1.29, 1.82) is 0 Å². The van der Waals surface area contributed by atoms with Gasteiger partial charge >= 0.3 is 0 Å². The van der Waals surface area contributed by atoms with E-state index in [0.29, 0.717) is 29.1 Å². The SMILES string of the molecule is CC(=O)Nc1ccc(Cl)c(C(=O)Nc2nc3c(s2)COCC3)c1. The van der Waals surface area contributed by atoms with Crippen LogP contribution in [0.4, 0.5) is 10.8 Å². The molecule has 0 saturated heterocycles. The first-order valence-electron chi connectivity index (χ1n) is 6.98. The molecule has 1 aliphatic heterocycles. The molecule has 0 bridgehead atoms. The molecule has 0 atom stereocenters. The van der Waals surface area contributed by atoms with Gasteiger partial charge < -0.3 is 10.1 Å². The maximum atomic E-state index is 12.4. The van der Waals surface area contributed by atoms with Gasteiger partial charge in [-0.15, -0.1) is 0 Å². The zero-order chi connectivity index (χ0) is 16.4. The molecule has 8 heteroatoms. The molecule has 0 spiro atoms. The number of hydrogen-bond donors (Lipinski definition) is 2. The van der Waals surface area contributed by atoms with E-state index in [1.165, 1.54) is 24.3 Å². The number of anilines is 2. The Bertz CT molecular complexity index is 752. The van der Waals surface area contributed by atoms with Crippen LogP contribution in [0, 0.1) is 0 Å². The molecule has 0 unspecified atom stereocenters. The standard InChI is InChI=1S/C15H14ClN3O3S/c1-8(20)17-9-2-3-11(16)10(6-9)14(21)19-15-18-12-4-5-22-7-13(12)23-15/h2-3,6H,4-5,7H2,1H3,(H,17,20)(H,18,19,21). The predicted octanol–water partition coefficient (Wildman–Crippen LogP) is 3.08. The van der Waals surface area contributed by atoms with Gasteiger partial charge in [-0.1, -0.05) is 22.9 Å². The third kappa shape index (κ3) is 3.69. The Morgan fingerprint density at radius 1 is 1.35 bits per heavy atom. The minimum Gasteiger partial charge on any atom is -0.375 e. The van der Waals surface area contributed by atoms with Crippen LogP contribution in [0.25, 0.3) is 0 Å². The van der Waals surface area contributed by atoms with E-state index >= 15 is 0 Å². The van der Waals surface area contributed by atoms with Crippen LogP contribution in [0.5, 0.6) is 0 Å². The zero-order valence-electron chi connectivity index (χ0n) is 12.3. The summed E-state index contributed by atoms with van der Waals surface area (Å²) >= 11 is 7.48. The number of nitrogens with zero attached hydrogens (tertiary/aromatic N) is 1. The fraction of sp³-hybridized carbons (Fsp3) is 0.267. The molecule has 2 heterocycles. The summed E-state index contributed by atoms with van der Waals surface area (Å²) in [5.74, 6) is -0.583. The highest BCUT2D eigenvalue weighted by atomic mass is 35.5. The van der Waals surface area contributed by atoms with Gasteiger partial charge in [-0.3, -0.25) is 14.9 Å². The Kier molecular flexibility index (Phi) is 4.61. The number of rotatable bonds is 3. The van der Waals surface area contributed by atoms with Crippen molar-refractivity contribution in [2.24, 2.45) is 0 Å². The Labute approximate surface area is 141 Å². The van der Waals surface area contributed by atoms with Gasteiger partial charge in [-0.25, -0.2) is 4.98 Å². The van der Waals surface area contributed by atoms with E-state index in [2.05, 4.69) is 15.6 Å². The van der Waals surface area contributed by atoms with Crippen molar-refractivity contribution in [2.75, 3.05) is 17.2 Å². The van der Waals surface area contributed by atoms with E-state index in [4.69, 9.17) is 16.3 Å². The molecule has 2 aromatic rings. The molecule has 3 rings (SSSR count). The summed E-state index contributed by atoms with van der Waals surface area (Å²) in [7, 11) is 0. The number of ether oxygens (including phenoxy) is 1. The first kappa shape index (κ1) is 15.9. The maximum Gasteiger partial charge on any atom is 0.259 e. The number of aromatic nitrogens is 1. The summed E-state index contributed by atoms with van der Waals surface area (Å²) < 4.78 is 5.37. The molecule has 0 aliphatic carbocycles. The number of benzene rings is 1. The van der Waals surface area contributed by atoms with Gasteiger partial charge in [-0.05, 0) is 18.2 Å². The summed E-state index contributed by atoms with van der Waals surface area (Å²) in [4.78, 5) is 29.0. The monoisotopic (exact) mass is 351 g/mol. The van der Waals surface area contributed by atoms with E-state index in [1.54, 1.807) is 12.1 Å². The second-order valence-corrected chi connectivity index (χ2v) is 6.51. The summed E-state index contributed by atoms with van der Waals surface area (Å²) in [5, 5.41) is 6.20. The number of thiazole rings is 1. The minimum atomic E-state index is -0.366. The molecule has 0 radical (unpaired) electrons. The highest BCUT2D eigenvalue weighted by molar-refractivity contribution is 7.15. The van der Waals surface area contributed by atoms with Crippen LogP contribution in [0.3, 0.4) is 0 Å². The highest BCUT2D eigenvalue weighted by Crippen LogP contribution is 2.28. The summed E-state index contributed by atoms with van der Waals surface area (Å²) in [6.07, 6.45) is 0.750. The van der Waals surface area contributed by atoms with E-state index in [1.807, 2.05) is 0 Å². The second kappa shape index (κ2) is 6.66. The van der Waals surface area contributed by atoms with Crippen LogP contribution in [0.2, 0.25) is 5.02 Å². The summed E-state index contributed by atoms with van der Waals surface area (Å²) in [6.45, 7) is 2.58. The number of amides is 2. The lowest BCUT2D eigenvalue weighted by Gasteiger charge is -2.08. The molecule has 1 aromatic heterocycles. The Morgan fingerprint density at radius 3 is 2.91 bits per heavy atom. The van der Waals surface area contributed by atoms with Crippen LogP contribution in [-0.4, -0.2) is 23.4 Å². The van der Waals surface area contributed by atoms with Crippen LogP contribution < -0.4 is 10.6 Å². The molecular weight excluding hydrogens is 338 g/mol. The molecule has 1 aliphatic rings. The topological polar surface area (TPSA) is 80.3 Å². The van der Waals surface area contributed by atoms with E-state index < -0.39 is 0 Å². The number of carbonyl (C=O) groups excluding carboxylic acids is 2. The molecule has 0 saturated carbocycles. The van der Waals surface area contributed by atoms with Gasteiger partial charge in [-0.2, -0.15) is 0 Å². The third-order valence-corrected chi connectivity index (χ3v) is 4.56. The average Bonchev–Trinajstić information content (AvgIpc) is 2.90. The molecule has 1 aromatic carbocycles. The van der Waals surface area contributed by atoms with Crippen LogP contribution in [0.15, 0.2) is 18.2 Å². The van der Waals surface area contributed by atoms with E-state index in [9.17, 15) is 9.59 Å². The van der Waals surface area contributed by atoms with Crippen molar-refractivity contribution < 1.29 is 14.3 Å². The molecular formula is C15H14ClN3O3S. The second-order valence-electron chi connectivity index (χ2n) is 5.02. The number of hydrogen-bond acceptors (Lipinski definition) is 5. The summed E-state index contributed by atoms with van der Waals surface area (Å²) in [6, 6.07) is 4.75. The van der Waals surface area contributed by atoms with Crippen molar-refractivity contribution >= 4 is 45.6 Å². The average molecular weight is 352 g/mol. The van der Waals surface area contributed by atoms with Crippen molar-refractivity contribution in [1.82, 2.24) is 4.98 Å². The Hall–Kier alpha value is -1.96. The zero-order valence-corrected chi connectivity index (χ0v) is 13.9. The smallest absolute Gasteiger partial charge is 0.259 e. The number of fused-ring (bicyclic) bond motifs is 1. The molecule has 2 amide bonds. The van der Waals surface area contributed by atoms with Gasteiger partial charge in [0.2, 0.25) is 5.91 Å². The molecule has 0 fully saturated rings. The van der Waals surface area contributed by atoms with Crippen molar-refractivity contribution in [3.05, 3.63) is 39.4 Å². The lowest BCUT2D eigenvalue weighted by Crippen LogP contribution is -2.14. The van der Waals surface area contributed by atoms with Gasteiger partial charge in [0, 0.05) is 19.0 Å². The molecule has 2 N–H and O–H groups in total. The third-order valence-electron chi connectivity index (χ3n) is 3.25. The van der Waals surface area contributed by atoms with Crippen LogP contribution >= 0.6 is 22.9 Å². The van der Waals surface area contributed by atoms with Gasteiger partial charge in [0.05, 0.1) is 34.4 Å². The Balaban J connectivity index is 1.79. The minimum absolute atomic E-state index is 0.216. The van der Waals surface area contributed by atoms with Gasteiger partial charge in [0.25, 0.3) is 5.91 Å². The van der Waals surface area contributed by atoms with Crippen LogP contribution in [0.1, 0.15) is 27.9 Å². The van der Waals surface area contributed by atoms with Crippen molar-refractivity contribution in [3.8, 4) is 0 Å². The predicted molar refractivity (Wildman–Crippen MR) is 89.2 cm³/mol. The lowest BCUT2D eigenvalue weighted by molar-refractivity contribution is -0.114. The van der Waals surface area contributed by atoms with Crippen molar-refractivity contribution in [3.63, 3.8) is 0 Å². The van der Waals surface area contributed by atoms with Crippen molar-refractivity contribution in [2.45, 2.75) is 20.0 Å². The quantitative estimate of drug-likeness (QED) is 0.890. The normalized spacial score (nSPS) is 13.3. The van der Waals surface area contributed by atoms with Gasteiger partial charge in [0.1, 0.15) is 0 Å². The van der Waals surface area contributed by atoms with E-state index in [-0.39, 0.29) is 17.4 Å². The molecule has 120 valence electrons.